The van der Waals surface area contributed by atoms with Crippen LogP contribution in [0.4, 0.5) is 0 Å². The molecule has 1 rings (SSSR count). The minimum atomic E-state index is 0.832. The van der Waals surface area contributed by atoms with Crippen molar-refractivity contribution < 1.29 is 0 Å². The molecular formula is C15H31N. The highest BCUT2D eigenvalue weighted by atomic mass is 14.9. The molecule has 0 radical (unpaired) electrons. The molecule has 0 aromatic carbocycles. The minimum Gasteiger partial charge on any atom is -0.314 e. The molecule has 0 spiro atoms. The van der Waals surface area contributed by atoms with Gasteiger partial charge in [0.15, 0.2) is 0 Å². The third-order valence-electron chi connectivity index (χ3n) is 4.00. The molecule has 1 nitrogen and oxygen atoms in total. The van der Waals surface area contributed by atoms with Crippen molar-refractivity contribution in [1.82, 2.24) is 5.32 Å². The van der Waals surface area contributed by atoms with E-state index in [0.717, 1.165) is 12.0 Å². The summed E-state index contributed by atoms with van der Waals surface area (Å²) in [4.78, 5) is 0. The van der Waals surface area contributed by atoms with Crippen LogP contribution in [0.2, 0.25) is 0 Å². The maximum atomic E-state index is 3.76. The Balaban J connectivity index is 2.10. The lowest BCUT2D eigenvalue weighted by Crippen LogP contribution is -2.29. The maximum absolute atomic E-state index is 3.76. The molecule has 16 heavy (non-hydrogen) atoms. The average Bonchev–Trinajstić information content (AvgIpc) is 2.51. The molecule has 0 saturated heterocycles. The van der Waals surface area contributed by atoms with E-state index in [-0.39, 0.29) is 0 Å². The van der Waals surface area contributed by atoms with Crippen molar-refractivity contribution in [3.8, 4) is 0 Å². The van der Waals surface area contributed by atoms with Gasteiger partial charge in [0.2, 0.25) is 0 Å². The molecule has 1 N–H and O–H groups in total. The van der Waals surface area contributed by atoms with E-state index in [1.54, 1.807) is 0 Å². The van der Waals surface area contributed by atoms with Gasteiger partial charge in [-0.1, -0.05) is 52.4 Å². The van der Waals surface area contributed by atoms with Gasteiger partial charge in [0.25, 0.3) is 0 Å². The van der Waals surface area contributed by atoms with Crippen molar-refractivity contribution in [2.75, 3.05) is 6.54 Å². The summed E-state index contributed by atoms with van der Waals surface area (Å²) >= 11 is 0. The zero-order valence-corrected chi connectivity index (χ0v) is 11.4. The van der Waals surface area contributed by atoms with Crippen LogP contribution in [-0.2, 0) is 0 Å². The molecule has 0 aliphatic heterocycles. The van der Waals surface area contributed by atoms with Crippen molar-refractivity contribution in [3.63, 3.8) is 0 Å². The monoisotopic (exact) mass is 225 g/mol. The van der Waals surface area contributed by atoms with E-state index >= 15 is 0 Å². The second-order valence-electron chi connectivity index (χ2n) is 5.52. The van der Waals surface area contributed by atoms with Crippen LogP contribution in [0.5, 0.6) is 0 Å². The van der Waals surface area contributed by atoms with Gasteiger partial charge in [-0.15, -0.1) is 0 Å². The Labute approximate surface area is 102 Å². The summed E-state index contributed by atoms with van der Waals surface area (Å²) in [5.41, 5.74) is 0. The molecule has 2 unspecified atom stereocenters. The van der Waals surface area contributed by atoms with Gasteiger partial charge in [0.05, 0.1) is 0 Å². The Morgan fingerprint density at radius 3 is 2.56 bits per heavy atom. The third-order valence-corrected chi connectivity index (χ3v) is 4.00. The second-order valence-corrected chi connectivity index (χ2v) is 5.52. The van der Waals surface area contributed by atoms with Crippen molar-refractivity contribution in [3.05, 3.63) is 0 Å². The van der Waals surface area contributed by atoms with Crippen LogP contribution in [0.25, 0.3) is 0 Å². The fraction of sp³-hybridized carbons (Fsp3) is 1.00. The first-order valence-corrected chi connectivity index (χ1v) is 7.60. The van der Waals surface area contributed by atoms with Crippen LogP contribution >= 0.6 is 0 Å². The largest absolute Gasteiger partial charge is 0.314 e. The molecular weight excluding hydrogens is 194 g/mol. The standard InChI is InChI=1S/C15H31N/c1-3-5-6-13-16-15-10-7-9-14(8-4-2)11-12-15/h14-16H,3-13H2,1-2H3. The zero-order valence-electron chi connectivity index (χ0n) is 11.4. The number of unbranched alkanes of at least 4 members (excludes halogenated alkanes) is 2. The highest BCUT2D eigenvalue weighted by Crippen LogP contribution is 2.26. The highest BCUT2D eigenvalue weighted by Gasteiger charge is 2.17. The number of nitrogens with one attached hydrogen (secondary N) is 1. The normalized spacial score (nSPS) is 26.6. The summed E-state index contributed by atoms with van der Waals surface area (Å²) in [6.07, 6.45) is 14.2. The van der Waals surface area contributed by atoms with Crippen LogP contribution in [0.15, 0.2) is 0 Å². The van der Waals surface area contributed by atoms with Gasteiger partial charge in [0, 0.05) is 6.04 Å². The molecule has 1 aliphatic rings. The first-order valence-electron chi connectivity index (χ1n) is 7.60. The van der Waals surface area contributed by atoms with Crippen molar-refractivity contribution >= 4 is 0 Å². The smallest absolute Gasteiger partial charge is 0.00671 e. The van der Waals surface area contributed by atoms with Crippen LogP contribution in [0.1, 0.15) is 78.1 Å². The van der Waals surface area contributed by atoms with Gasteiger partial charge in [-0.2, -0.15) is 0 Å². The van der Waals surface area contributed by atoms with Crippen LogP contribution < -0.4 is 5.32 Å². The van der Waals surface area contributed by atoms with E-state index in [9.17, 15) is 0 Å². The van der Waals surface area contributed by atoms with E-state index in [4.69, 9.17) is 0 Å². The predicted octanol–water partition coefficient (Wildman–Crippen LogP) is 4.52. The van der Waals surface area contributed by atoms with Gasteiger partial charge >= 0.3 is 0 Å². The number of rotatable bonds is 7. The summed E-state index contributed by atoms with van der Waals surface area (Å²) in [5, 5.41) is 3.76. The van der Waals surface area contributed by atoms with Crippen molar-refractivity contribution in [2.24, 2.45) is 5.92 Å². The first-order chi connectivity index (χ1) is 7.86. The highest BCUT2D eigenvalue weighted by molar-refractivity contribution is 4.74. The van der Waals surface area contributed by atoms with Crippen molar-refractivity contribution in [1.29, 1.82) is 0 Å². The predicted molar refractivity (Wildman–Crippen MR) is 72.8 cm³/mol. The van der Waals surface area contributed by atoms with Crippen molar-refractivity contribution in [2.45, 2.75) is 84.1 Å². The molecule has 0 heterocycles. The fourth-order valence-electron chi connectivity index (χ4n) is 2.96. The number of hydrogen-bond acceptors (Lipinski definition) is 1. The fourth-order valence-corrected chi connectivity index (χ4v) is 2.96. The molecule has 0 bridgehead atoms. The molecule has 1 heteroatoms. The lowest BCUT2D eigenvalue weighted by Gasteiger charge is -2.16. The van der Waals surface area contributed by atoms with Crippen LogP contribution in [-0.4, -0.2) is 12.6 Å². The maximum Gasteiger partial charge on any atom is 0.00671 e. The Bertz CT molecular complexity index is 156. The molecule has 0 amide bonds. The summed E-state index contributed by atoms with van der Waals surface area (Å²) in [6.45, 7) is 5.85. The van der Waals surface area contributed by atoms with Gasteiger partial charge in [-0.05, 0) is 38.1 Å². The van der Waals surface area contributed by atoms with E-state index < -0.39 is 0 Å². The SMILES string of the molecule is CCCCCNC1CCCC(CCC)CC1. The van der Waals surface area contributed by atoms with Gasteiger partial charge < -0.3 is 5.32 Å². The Kier molecular flexibility index (Phi) is 7.92. The summed E-state index contributed by atoms with van der Waals surface area (Å²) in [5.74, 6) is 1.03. The summed E-state index contributed by atoms with van der Waals surface area (Å²) < 4.78 is 0. The van der Waals surface area contributed by atoms with Gasteiger partial charge in [-0.3, -0.25) is 0 Å². The second kappa shape index (κ2) is 9.04. The quantitative estimate of drug-likeness (QED) is 0.496. The molecule has 1 aliphatic carbocycles. The van der Waals surface area contributed by atoms with Gasteiger partial charge in [-0.25, -0.2) is 0 Å². The average molecular weight is 225 g/mol. The molecule has 96 valence electrons. The Hall–Kier alpha value is -0.0400. The molecule has 1 fully saturated rings. The topological polar surface area (TPSA) is 12.0 Å². The van der Waals surface area contributed by atoms with Crippen LogP contribution in [0, 0.1) is 5.92 Å². The molecule has 0 aromatic heterocycles. The molecule has 0 aromatic rings. The van der Waals surface area contributed by atoms with E-state index in [1.165, 1.54) is 70.8 Å². The molecule has 2 atom stereocenters. The Morgan fingerprint density at radius 1 is 0.938 bits per heavy atom. The lowest BCUT2D eigenvalue weighted by molar-refractivity contribution is 0.408. The summed E-state index contributed by atoms with van der Waals surface area (Å²) in [7, 11) is 0. The zero-order chi connectivity index (χ0) is 11.6. The Morgan fingerprint density at radius 2 is 1.81 bits per heavy atom. The lowest BCUT2D eigenvalue weighted by atomic mass is 9.95. The molecule has 1 saturated carbocycles. The van der Waals surface area contributed by atoms with E-state index in [1.807, 2.05) is 0 Å². The van der Waals surface area contributed by atoms with E-state index in [2.05, 4.69) is 19.2 Å². The third kappa shape index (κ3) is 5.89. The summed E-state index contributed by atoms with van der Waals surface area (Å²) in [6, 6.07) is 0.832. The first kappa shape index (κ1) is 14.0. The van der Waals surface area contributed by atoms with Crippen LogP contribution in [0.3, 0.4) is 0 Å². The number of hydrogen-bond donors (Lipinski definition) is 1. The van der Waals surface area contributed by atoms with Gasteiger partial charge in [0.1, 0.15) is 0 Å². The minimum absolute atomic E-state index is 0.832. The van der Waals surface area contributed by atoms with E-state index in [0.29, 0.717) is 0 Å².